The van der Waals surface area contributed by atoms with Gasteiger partial charge in [0.2, 0.25) is 0 Å². The maximum absolute atomic E-state index is 5.71. The number of hydrogen-bond acceptors (Lipinski definition) is 2. The number of benzene rings is 1. The lowest BCUT2D eigenvalue weighted by Crippen LogP contribution is -2.11. The molecule has 0 amide bonds. The molecule has 2 aromatic rings. The monoisotopic (exact) mass is 273 g/mol. The summed E-state index contributed by atoms with van der Waals surface area (Å²) < 4.78 is 13.5. The first-order valence-electron chi connectivity index (χ1n) is 7.13. The summed E-state index contributed by atoms with van der Waals surface area (Å²) in [5, 5.41) is 0. The highest BCUT2D eigenvalue weighted by Crippen LogP contribution is 2.07. The van der Waals surface area contributed by atoms with Gasteiger partial charge < -0.3 is 14.0 Å². The molecule has 0 aliphatic rings. The third kappa shape index (κ3) is 4.83. The minimum absolute atomic E-state index is 0.257. The Hall–Kier alpha value is -1.58. The third-order valence-corrected chi connectivity index (χ3v) is 3.08. The van der Waals surface area contributed by atoms with Gasteiger partial charge in [-0.05, 0) is 31.5 Å². The third-order valence-electron chi connectivity index (χ3n) is 3.08. The molecule has 0 spiro atoms. The Morgan fingerprint density at radius 2 is 1.80 bits per heavy atom. The maximum Gasteiger partial charge on any atom is 0.0871 e. The van der Waals surface area contributed by atoms with Gasteiger partial charge in [-0.15, -0.1) is 0 Å². The van der Waals surface area contributed by atoms with Crippen LogP contribution >= 0.6 is 0 Å². The highest BCUT2D eigenvalue weighted by atomic mass is 16.5. The Morgan fingerprint density at radius 1 is 1.00 bits per heavy atom. The van der Waals surface area contributed by atoms with Gasteiger partial charge in [0, 0.05) is 18.4 Å². The van der Waals surface area contributed by atoms with E-state index in [1.54, 1.807) is 0 Å². The molecule has 108 valence electrons. The summed E-state index contributed by atoms with van der Waals surface area (Å²) in [6.45, 7) is 6.99. The van der Waals surface area contributed by atoms with Gasteiger partial charge >= 0.3 is 0 Å². The van der Waals surface area contributed by atoms with E-state index in [0.717, 1.165) is 6.54 Å². The molecule has 2 rings (SSSR count). The summed E-state index contributed by atoms with van der Waals surface area (Å²) in [7, 11) is 0. The van der Waals surface area contributed by atoms with Crippen molar-refractivity contribution < 1.29 is 9.47 Å². The minimum atomic E-state index is 0.257. The predicted octanol–water partition coefficient (Wildman–Crippen LogP) is 3.63. The van der Waals surface area contributed by atoms with Gasteiger partial charge in [0.1, 0.15) is 0 Å². The lowest BCUT2D eigenvalue weighted by Gasteiger charge is -2.12. The highest BCUT2D eigenvalue weighted by molar-refractivity contribution is 5.13. The molecule has 0 aliphatic carbocycles. The van der Waals surface area contributed by atoms with E-state index in [-0.39, 0.29) is 6.10 Å². The van der Waals surface area contributed by atoms with E-state index in [2.05, 4.69) is 48.9 Å². The van der Waals surface area contributed by atoms with Crippen LogP contribution in [0.5, 0.6) is 0 Å². The lowest BCUT2D eigenvalue weighted by atomic mass is 10.2. The van der Waals surface area contributed by atoms with Gasteiger partial charge in [-0.2, -0.15) is 0 Å². The number of hydrogen-bond donors (Lipinski definition) is 0. The Morgan fingerprint density at radius 3 is 2.55 bits per heavy atom. The van der Waals surface area contributed by atoms with Gasteiger partial charge in [0.15, 0.2) is 0 Å². The molecule has 0 unspecified atom stereocenters. The van der Waals surface area contributed by atoms with Crippen LogP contribution in [0.25, 0.3) is 0 Å². The molecule has 0 bridgehead atoms. The van der Waals surface area contributed by atoms with E-state index in [1.165, 1.54) is 11.3 Å². The van der Waals surface area contributed by atoms with Gasteiger partial charge in [-0.25, -0.2) is 0 Å². The van der Waals surface area contributed by atoms with E-state index in [0.29, 0.717) is 19.8 Å². The normalized spacial score (nSPS) is 11.2. The van der Waals surface area contributed by atoms with Gasteiger partial charge in [0.05, 0.1) is 25.9 Å². The zero-order chi connectivity index (χ0) is 14.2. The lowest BCUT2D eigenvalue weighted by molar-refractivity contribution is 0.0598. The Kier molecular flexibility index (Phi) is 5.84. The second kappa shape index (κ2) is 7.88. The maximum atomic E-state index is 5.71. The Bertz CT molecular complexity index is 491. The SMILES string of the molecule is CC(C)OCc1cccn1CCOCc1ccccc1. The van der Waals surface area contributed by atoms with Gasteiger partial charge in [-0.3, -0.25) is 0 Å². The summed E-state index contributed by atoms with van der Waals surface area (Å²) in [6, 6.07) is 14.4. The van der Waals surface area contributed by atoms with Crippen molar-refractivity contribution in [2.75, 3.05) is 6.61 Å². The van der Waals surface area contributed by atoms with E-state index < -0.39 is 0 Å². The molecule has 0 radical (unpaired) electrons. The molecule has 1 aromatic heterocycles. The van der Waals surface area contributed by atoms with Crippen molar-refractivity contribution in [3.05, 3.63) is 59.9 Å². The predicted molar refractivity (Wildman–Crippen MR) is 80.5 cm³/mol. The van der Waals surface area contributed by atoms with Crippen molar-refractivity contribution in [3.63, 3.8) is 0 Å². The number of aromatic nitrogens is 1. The summed E-state index contributed by atoms with van der Waals surface area (Å²) in [5.41, 5.74) is 2.41. The molecular weight excluding hydrogens is 250 g/mol. The molecule has 3 nitrogen and oxygen atoms in total. The van der Waals surface area contributed by atoms with Crippen LogP contribution in [0.1, 0.15) is 25.1 Å². The van der Waals surface area contributed by atoms with Crippen molar-refractivity contribution in [1.29, 1.82) is 0 Å². The molecule has 0 N–H and O–H groups in total. The first-order valence-corrected chi connectivity index (χ1v) is 7.13. The molecule has 20 heavy (non-hydrogen) atoms. The summed E-state index contributed by atoms with van der Waals surface area (Å²) in [6.07, 6.45) is 2.33. The number of nitrogens with zero attached hydrogens (tertiary/aromatic N) is 1. The fourth-order valence-electron chi connectivity index (χ4n) is 1.98. The van der Waals surface area contributed by atoms with Gasteiger partial charge in [-0.1, -0.05) is 30.3 Å². The van der Waals surface area contributed by atoms with Crippen molar-refractivity contribution >= 4 is 0 Å². The fourth-order valence-corrected chi connectivity index (χ4v) is 1.98. The molecule has 0 aliphatic heterocycles. The topological polar surface area (TPSA) is 23.4 Å². The van der Waals surface area contributed by atoms with Crippen LogP contribution in [0.2, 0.25) is 0 Å². The smallest absolute Gasteiger partial charge is 0.0871 e. The molecule has 1 heterocycles. The molecular formula is C17H23NO2. The molecule has 0 saturated carbocycles. The minimum Gasteiger partial charge on any atom is -0.375 e. The molecule has 3 heteroatoms. The molecule has 0 fully saturated rings. The summed E-state index contributed by atoms with van der Waals surface area (Å²) in [4.78, 5) is 0. The van der Waals surface area contributed by atoms with Crippen LogP contribution in [0.4, 0.5) is 0 Å². The van der Waals surface area contributed by atoms with E-state index in [1.807, 2.05) is 18.2 Å². The van der Waals surface area contributed by atoms with Crippen LogP contribution in [-0.2, 0) is 29.2 Å². The summed E-state index contributed by atoms with van der Waals surface area (Å²) in [5.74, 6) is 0. The number of rotatable bonds is 8. The van der Waals surface area contributed by atoms with Crippen LogP contribution in [0.15, 0.2) is 48.7 Å². The largest absolute Gasteiger partial charge is 0.375 e. The molecule has 0 atom stereocenters. The zero-order valence-electron chi connectivity index (χ0n) is 12.3. The molecule has 1 aromatic carbocycles. The van der Waals surface area contributed by atoms with Crippen molar-refractivity contribution in [3.8, 4) is 0 Å². The standard InChI is InChI=1S/C17H23NO2/c1-15(2)20-14-17-9-6-10-18(17)11-12-19-13-16-7-4-3-5-8-16/h3-10,15H,11-14H2,1-2H3. The van der Waals surface area contributed by atoms with Gasteiger partial charge in [0.25, 0.3) is 0 Å². The van der Waals surface area contributed by atoms with Crippen molar-refractivity contribution in [2.45, 2.75) is 39.7 Å². The quantitative estimate of drug-likeness (QED) is 0.686. The van der Waals surface area contributed by atoms with Crippen LogP contribution in [0, 0.1) is 0 Å². The summed E-state index contributed by atoms with van der Waals surface area (Å²) >= 11 is 0. The first-order chi connectivity index (χ1) is 9.75. The van der Waals surface area contributed by atoms with Crippen molar-refractivity contribution in [2.24, 2.45) is 0 Å². The van der Waals surface area contributed by atoms with Crippen LogP contribution < -0.4 is 0 Å². The highest BCUT2D eigenvalue weighted by Gasteiger charge is 2.02. The average Bonchev–Trinajstić information content (AvgIpc) is 2.90. The van der Waals surface area contributed by atoms with Crippen LogP contribution in [-0.4, -0.2) is 17.3 Å². The Labute approximate surface area is 121 Å². The average molecular weight is 273 g/mol. The molecule has 0 saturated heterocycles. The van der Waals surface area contributed by atoms with E-state index in [9.17, 15) is 0 Å². The van der Waals surface area contributed by atoms with Crippen LogP contribution in [0.3, 0.4) is 0 Å². The second-order valence-electron chi connectivity index (χ2n) is 5.09. The van der Waals surface area contributed by atoms with E-state index in [4.69, 9.17) is 9.47 Å². The first kappa shape index (κ1) is 14.8. The second-order valence-corrected chi connectivity index (χ2v) is 5.09. The number of ether oxygens (including phenoxy) is 2. The van der Waals surface area contributed by atoms with Crippen molar-refractivity contribution in [1.82, 2.24) is 4.57 Å². The van der Waals surface area contributed by atoms with E-state index >= 15 is 0 Å². The zero-order valence-corrected chi connectivity index (χ0v) is 12.3. The Balaban J connectivity index is 1.73. The fraction of sp³-hybridized carbons (Fsp3) is 0.412.